The SMILES string of the molecule is CCc1c(N=[N+]=[N-])c(C(F)F)nc(C(F)(F)F)c1C(=O)O. The van der Waals surface area contributed by atoms with Crippen molar-refractivity contribution in [3.8, 4) is 0 Å². The second-order valence-corrected chi connectivity index (χ2v) is 3.69. The van der Waals surface area contributed by atoms with Crippen LogP contribution in [-0.2, 0) is 12.6 Å². The van der Waals surface area contributed by atoms with Gasteiger partial charge in [0.15, 0.2) is 5.69 Å². The number of hydrogen-bond acceptors (Lipinski definition) is 3. The Labute approximate surface area is 113 Å². The van der Waals surface area contributed by atoms with E-state index in [1.165, 1.54) is 6.92 Å². The molecule has 0 radical (unpaired) electrons. The molecule has 0 bridgehead atoms. The number of carboxylic acids is 1. The summed E-state index contributed by atoms with van der Waals surface area (Å²) >= 11 is 0. The summed E-state index contributed by atoms with van der Waals surface area (Å²) in [6.45, 7) is 1.24. The minimum absolute atomic E-state index is 0.360. The van der Waals surface area contributed by atoms with Crippen LogP contribution in [0.2, 0.25) is 0 Å². The van der Waals surface area contributed by atoms with Crippen molar-refractivity contribution >= 4 is 11.7 Å². The van der Waals surface area contributed by atoms with Crippen LogP contribution in [0.3, 0.4) is 0 Å². The van der Waals surface area contributed by atoms with Crippen molar-refractivity contribution < 1.29 is 31.9 Å². The van der Waals surface area contributed by atoms with Crippen LogP contribution in [0.25, 0.3) is 10.4 Å². The summed E-state index contributed by atoms with van der Waals surface area (Å²) in [7, 11) is 0. The van der Waals surface area contributed by atoms with Gasteiger partial charge in [0, 0.05) is 4.91 Å². The van der Waals surface area contributed by atoms with E-state index >= 15 is 0 Å². The number of carboxylic acid groups (broad SMARTS) is 1. The van der Waals surface area contributed by atoms with Gasteiger partial charge in [-0.1, -0.05) is 12.0 Å². The molecule has 1 aromatic heterocycles. The van der Waals surface area contributed by atoms with Crippen LogP contribution >= 0.6 is 0 Å². The highest BCUT2D eigenvalue weighted by Crippen LogP contribution is 2.40. The van der Waals surface area contributed by atoms with E-state index in [0.29, 0.717) is 0 Å². The molecule has 6 nitrogen and oxygen atoms in total. The summed E-state index contributed by atoms with van der Waals surface area (Å²) in [5.41, 5.74) is 2.15. The lowest BCUT2D eigenvalue weighted by Crippen LogP contribution is -2.19. The van der Waals surface area contributed by atoms with Crippen LogP contribution in [0.1, 0.15) is 40.7 Å². The molecule has 0 amide bonds. The number of pyridine rings is 1. The van der Waals surface area contributed by atoms with Crippen molar-refractivity contribution in [3.05, 3.63) is 33.0 Å². The summed E-state index contributed by atoms with van der Waals surface area (Å²) in [5.74, 6) is -2.00. The second-order valence-electron chi connectivity index (χ2n) is 3.69. The highest BCUT2D eigenvalue weighted by Gasteiger charge is 2.41. The Morgan fingerprint density at radius 2 is 2.05 bits per heavy atom. The maximum atomic E-state index is 12.8. The second kappa shape index (κ2) is 5.92. The Balaban J connectivity index is 3.97. The minimum atomic E-state index is -5.24. The number of azide groups is 1. The first-order valence-electron chi connectivity index (χ1n) is 5.35. The molecule has 0 aliphatic carbocycles. The van der Waals surface area contributed by atoms with Crippen molar-refractivity contribution in [2.24, 2.45) is 5.11 Å². The molecule has 0 spiro atoms. The molecule has 1 rings (SSSR count). The van der Waals surface area contributed by atoms with Gasteiger partial charge < -0.3 is 5.11 Å². The van der Waals surface area contributed by atoms with E-state index in [2.05, 4.69) is 15.0 Å². The van der Waals surface area contributed by atoms with Gasteiger partial charge in [0.25, 0.3) is 6.43 Å². The lowest BCUT2D eigenvalue weighted by molar-refractivity contribution is -0.142. The molecule has 0 atom stereocenters. The standard InChI is InChI=1S/C10H7F5N4O2/c1-2-3-4(9(20)21)7(10(13,14)15)17-6(8(11)12)5(3)18-19-16/h8H,2H2,1H3,(H,20,21). The molecule has 0 aliphatic heterocycles. The third-order valence-corrected chi connectivity index (χ3v) is 2.49. The van der Waals surface area contributed by atoms with Gasteiger partial charge >= 0.3 is 12.1 Å². The molecule has 1 aromatic rings. The van der Waals surface area contributed by atoms with E-state index in [1.807, 2.05) is 0 Å². The Hall–Kier alpha value is -2.42. The number of rotatable bonds is 4. The Morgan fingerprint density at radius 1 is 1.48 bits per heavy atom. The van der Waals surface area contributed by atoms with Crippen LogP contribution in [0.4, 0.5) is 27.6 Å². The molecule has 1 N–H and O–H groups in total. The van der Waals surface area contributed by atoms with Crippen molar-refractivity contribution in [3.63, 3.8) is 0 Å². The van der Waals surface area contributed by atoms with Gasteiger partial charge in [0.05, 0.1) is 11.3 Å². The topological polar surface area (TPSA) is 99.0 Å². The minimum Gasteiger partial charge on any atom is -0.478 e. The first-order valence-corrected chi connectivity index (χ1v) is 5.35. The van der Waals surface area contributed by atoms with E-state index in [1.54, 1.807) is 0 Å². The number of aromatic nitrogens is 1. The van der Waals surface area contributed by atoms with Gasteiger partial charge in [-0.3, -0.25) is 0 Å². The van der Waals surface area contributed by atoms with Crippen LogP contribution in [0.5, 0.6) is 0 Å². The van der Waals surface area contributed by atoms with Gasteiger partial charge in [-0.05, 0) is 17.5 Å². The first kappa shape index (κ1) is 16.6. The molecule has 114 valence electrons. The van der Waals surface area contributed by atoms with E-state index in [4.69, 9.17) is 10.6 Å². The number of nitrogens with zero attached hydrogens (tertiary/aromatic N) is 4. The zero-order valence-electron chi connectivity index (χ0n) is 10.3. The molecule has 21 heavy (non-hydrogen) atoms. The number of hydrogen-bond donors (Lipinski definition) is 1. The van der Waals surface area contributed by atoms with Gasteiger partial charge in [0.2, 0.25) is 0 Å². The first-order chi connectivity index (χ1) is 9.65. The summed E-state index contributed by atoms with van der Waals surface area (Å²) < 4.78 is 64.1. The largest absolute Gasteiger partial charge is 0.478 e. The Kier molecular flexibility index (Phi) is 4.69. The van der Waals surface area contributed by atoms with E-state index in [-0.39, 0.29) is 6.42 Å². The fraction of sp³-hybridized carbons (Fsp3) is 0.400. The highest BCUT2D eigenvalue weighted by atomic mass is 19.4. The average Bonchev–Trinajstić information content (AvgIpc) is 2.36. The fourth-order valence-corrected chi connectivity index (χ4v) is 1.73. The maximum absolute atomic E-state index is 12.8. The molecular formula is C10H7F5N4O2. The third kappa shape index (κ3) is 3.19. The number of halogens is 5. The van der Waals surface area contributed by atoms with E-state index in [9.17, 15) is 26.7 Å². The molecule has 0 saturated heterocycles. The monoisotopic (exact) mass is 310 g/mol. The summed E-state index contributed by atoms with van der Waals surface area (Å²) in [6, 6.07) is 0. The van der Waals surface area contributed by atoms with Crippen LogP contribution in [-0.4, -0.2) is 16.1 Å². The third-order valence-electron chi connectivity index (χ3n) is 2.49. The molecule has 0 aromatic carbocycles. The molecule has 0 saturated carbocycles. The van der Waals surface area contributed by atoms with Crippen LogP contribution < -0.4 is 0 Å². The lowest BCUT2D eigenvalue weighted by atomic mass is 10.00. The van der Waals surface area contributed by atoms with Crippen molar-refractivity contribution in [1.29, 1.82) is 0 Å². The smallest absolute Gasteiger partial charge is 0.434 e. The Bertz CT molecular complexity index is 623. The predicted molar refractivity (Wildman–Crippen MR) is 59.3 cm³/mol. The van der Waals surface area contributed by atoms with Gasteiger partial charge in [0.1, 0.15) is 5.69 Å². The molecule has 0 fully saturated rings. The molecular weight excluding hydrogens is 303 g/mol. The predicted octanol–water partition coefficient (Wildman–Crippen LogP) is 4.24. The lowest BCUT2D eigenvalue weighted by Gasteiger charge is -2.17. The fourth-order valence-electron chi connectivity index (χ4n) is 1.73. The van der Waals surface area contributed by atoms with Crippen molar-refractivity contribution in [2.75, 3.05) is 0 Å². The number of aromatic carboxylic acids is 1. The van der Waals surface area contributed by atoms with Crippen LogP contribution in [0, 0.1) is 0 Å². The van der Waals surface area contributed by atoms with Crippen molar-refractivity contribution in [2.45, 2.75) is 25.9 Å². The zero-order chi connectivity index (χ0) is 16.4. The molecule has 0 aliphatic rings. The maximum Gasteiger partial charge on any atom is 0.434 e. The average molecular weight is 310 g/mol. The highest BCUT2D eigenvalue weighted by molar-refractivity contribution is 5.92. The van der Waals surface area contributed by atoms with Crippen LogP contribution in [0.15, 0.2) is 5.11 Å². The number of alkyl halides is 5. The van der Waals surface area contributed by atoms with E-state index < -0.39 is 46.8 Å². The summed E-state index contributed by atoms with van der Waals surface area (Å²) in [4.78, 5) is 15.9. The van der Waals surface area contributed by atoms with Gasteiger partial charge in [-0.15, -0.1) is 0 Å². The zero-order valence-corrected chi connectivity index (χ0v) is 10.3. The summed E-state index contributed by atoms with van der Waals surface area (Å²) in [6.07, 6.45) is -9.06. The normalized spacial score (nSPS) is 11.4. The van der Waals surface area contributed by atoms with Gasteiger partial charge in [-0.25, -0.2) is 18.6 Å². The quantitative estimate of drug-likeness (QED) is 0.389. The molecule has 11 heteroatoms. The molecule has 0 unspecified atom stereocenters. The van der Waals surface area contributed by atoms with E-state index in [0.717, 1.165) is 0 Å². The molecule has 1 heterocycles. The van der Waals surface area contributed by atoms with Gasteiger partial charge in [-0.2, -0.15) is 13.2 Å². The number of carbonyl (C=O) groups is 1. The van der Waals surface area contributed by atoms with Crippen molar-refractivity contribution in [1.82, 2.24) is 4.98 Å². The Morgan fingerprint density at radius 3 is 2.38 bits per heavy atom. The summed E-state index contributed by atoms with van der Waals surface area (Å²) in [5, 5.41) is 11.8.